The Morgan fingerprint density at radius 3 is 2.67 bits per heavy atom. The first kappa shape index (κ1) is 15.6. The Hall–Kier alpha value is -1.82. The van der Waals surface area contributed by atoms with Crippen LogP contribution in [0.2, 0.25) is 5.02 Å². The lowest BCUT2D eigenvalue weighted by Gasteiger charge is -2.08. The van der Waals surface area contributed by atoms with Gasteiger partial charge in [-0.3, -0.25) is 9.59 Å². The van der Waals surface area contributed by atoms with Crippen LogP contribution in [0.15, 0.2) is 12.3 Å². The fourth-order valence-corrected chi connectivity index (χ4v) is 2.05. The van der Waals surface area contributed by atoms with Gasteiger partial charge in [-0.15, -0.1) is 0 Å². The number of halogens is 1. The number of hydrogen-bond acceptors (Lipinski definition) is 4. The number of pyridine rings is 1. The third-order valence-electron chi connectivity index (χ3n) is 3.11. The Morgan fingerprint density at radius 1 is 1.33 bits per heavy atom. The summed E-state index contributed by atoms with van der Waals surface area (Å²) in [5, 5.41) is 8.91. The van der Waals surface area contributed by atoms with Crippen LogP contribution in [0.3, 0.4) is 0 Å². The fourth-order valence-electron chi connectivity index (χ4n) is 1.81. The first-order valence-corrected chi connectivity index (χ1v) is 7.45. The van der Waals surface area contributed by atoms with Gasteiger partial charge in [-0.1, -0.05) is 11.6 Å². The molecule has 0 atom stereocenters. The molecular weight excluding hydrogens is 292 g/mol. The molecule has 2 amide bonds. The van der Waals surface area contributed by atoms with Gasteiger partial charge in [-0.2, -0.15) is 0 Å². The summed E-state index contributed by atoms with van der Waals surface area (Å²) in [6.45, 7) is 3.45. The van der Waals surface area contributed by atoms with Gasteiger partial charge in [0.1, 0.15) is 5.82 Å². The maximum absolute atomic E-state index is 11.9. The molecular formula is C14H19ClN4O2. The largest absolute Gasteiger partial charge is 0.369 e. The molecule has 1 aliphatic carbocycles. The SMILES string of the molecule is CCNc1ncc(C(=O)NCCNC(=O)C2CC2)cc1Cl. The van der Waals surface area contributed by atoms with Crippen LogP contribution in [-0.4, -0.2) is 36.4 Å². The van der Waals surface area contributed by atoms with E-state index in [1.807, 2.05) is 6.92 Å². The average molecular weight is 311 g/mol. The van der Waals surface area contributed by atoms with Gasteiger partial charge in [0.25, 0.3) is 5.91 Å². The minimum Gasteiger partial charge on any atom is -0.369 e. The molecule has 1 saturated carbocycles. The third kappa shape index (κ3) is 4.60. The quantitative estimate of drug-likeness (QED) is 0.665. The van der Waals surface area contributed by atoms with Gasteiger partial charge in [-0.05, 0) is 25.8 Å². The van der Waals surface area contributed by atoms with Gasteiger partial charge in [0.15, 0.2) is 0 Å². The predicted octanol–water partition coefficient (Wildman–Crippen LogP) is 1.42. The minimum absolute atomic E-state index is 0.0731. The molecule has 1 heterocycles. The highest BCUT2D eigenvalue weighted by molar-refractivity contribution is 6.33. The first-order chi connectivity index (χ1) is 10.1. The van der Waals surface area contributed by atoms with Gasteiger partial charge in [0.2, 0.25) is 5.91 Å². The van der Waals surface area contributed by atoms with E-state index in [1.165, 1.54) is 6.20 Å². The lowest BCUT2D eigenvalue weighted by molar-refractivity contribution is -0.122. The predicted molar refractivity (Wildman–Crippen MR) is 81.5 cm³/mol. The first-order valence-electron chi connectivity index (χ1n) is 7.07. The molecule has 3 N–H and O–H groups in total. The number of rotatable bonds is 7. The Morgan fingerprint density at radius 2 is 2.05 bits per heavy atom. The van der Waals surface area contributed by atoms with Crippen LogP contribution in [0.25, 0.3) is 0 Å². The summed E-state index contributed by atoms with van der Waals surface area (Å²) >= 11 is 6.03. The minimum atomic E-state index is -0.256. The van der Waals surface area contributed by atoms with Crippen molar-refractivity contribution in [2.75, 3.05) is 25.0 Å². The topological polar surface area (TPSA) is 83.1 Å². The number of carbonyl (C=O) groups is 2. The van der Waals surface area contributed by atoms with Crippen LogP contribution in [0, 0.1) is 5.92 Å². The molecule has 1 aromatic rings. The van der Waals surface area contributed by atoms with Crippen molar-refractivity contribution >= 4 is 29.2 Å². The number of hydrogen-bond donors (Lipinski definition) is 3. The molecule has 0 aliphatic heterocycles. The Bertz CT molecular complexity index is 532. The second-order valence-electron chi connectivity index (χ2n) is 4.91. The molecule has 0 unspecified atom stereocenters. The Balaban J connectivity index is 1.77. The van der Waals surface area contributed by atoms with Gasteiger partial charge >= 0.3 is 0 Å². The molecule has 0 saturated heterocycles. The highest BCUT2D eigenvalue weighted by atomic mass is 35.5. The summed E-state index contributed by atoms with van der Waals surface area (Å²) in [7, 11) is 0. The zero-order chi connectivity index (χ0) is 15.2. The van der Waals surface area contributed by atoms with E-state index in [0.29, 0.717) is 36.0 Å². The summed E-state index contributed by atoms with van der Waals surface area (Å²) in [4.78, 5) is 27.4. The number of anilines is 1. The summed E-state index contributed by atoms with van der Waals surface area (Å²) in [5.41, 5.74) is 0.398. The summed E-state index contributed by atoms with van der Waals surface area (Å²) in [6.07, 6.45) is 3.42. The van der Waals surface area contributed by atoms with Crippen LogP contribution in [-0.2, 0) is 4.79 Å². The van der Waals surface area contributed by atoms with E-state index in [4.69, 9.17) is 11.6 Å². The monoisotopic (exact) mass is 310 g/mol. The standard InChI is InChI=1S/C14H19ClN4O2/c1-2-16-12-11(15)7-10(8-19-12)14(21)18-6-5-17-13(20)9-3-4-9/h7-9H,2-6H2,1H3,(H,16,19)(H,17,20)(H,18,21). The van der Waals surface area contributed by atoms with Crippen molar-refractivity contribution in [3.63, 3.8) is 0 Å². The maximum atomic E-state index is 11.9. The van der Waals surface area contributed by atoms with E-state index in [0.717, 1.165) is 12.8 Å². The lowest BCUT2D eigenvalue weighted by Crippen LogP contribution is -2.35. The van der Waals surface area contributed by atoms with Crippen LogP contribution >= 0.6 is 11.6 Å². The molecule has 7 heteroatoms. The van der Waals surface area contributed by atoms with Crippen molar-refractivity contribution < 1.29 is 9.59 Å². The number of amides is 2. The van der Waals surface area contributed by atoms with Crippen LogP contribution in [0.1, 0.15) is 30.1 Å². The molecule has 2 rings (SSSR count). The molecule has 0 aromatic carbocycles. The molecule has 0 bridgehead atoms. The third-order valence-corrected chi connectivity index (χ3v) is 3.39. The van der Waals surface area contributed by atoms with Gasteiger partial charge in [0.05, 0.1) is 10.6 Å². The van der Waals surface area contributed by atoms with E-state index in [-0.39, 0.29) is 17.7 Å². The van der Waals surface area contributed by atoms with Crippen LogP contribution < -0.4 is 16.0 Å². The molecule has 0 spiro atoms. The normalized spacial score (nSPS) is 13.6. The zero-order valence-corrected chi connectivity index (χ0v) is 12.7. The smallest absolute Gasteiger partial charge is 0.252 e. The van der Waals surface area contributed by atoms with E-state index < -0.39 is 0 Å². The number of aromatic nitrogens is 1. The summed E-state index contributed by atoms with van der Waals surface area (Å²) in [6, 6.07) is 1.57. The van der Waals surface area contributed by atoms with Crippen molar-refractivity contribution in [3.05, 3.63) is 22.8 Å². The highest BCUT2D eigenvalue weighted by Gasteiger charge is 2.28. The summed E-state index contributed by atoms with van der Waals surface area (Å²) < 4.78 is 0. The van der Waals surface area contributed by atoms with Gasteiger partial charge < -0.3 is 16.0 Å². The van der Waals surface area contributed by atoms with Crippen molar-refractivity contribution in [3.8, 4) is 0 Å². The van der Waals surface area contributed by atoms with Crippen molar-refractivity contribution in [2.24, 2.45) is 5.92 Å². The second kappa shape index (κ2) is 7.26. The van der Waals surface area contributed by atoms with E-state index in [2.05, 4.69) is 20.9 Å². The second-order valence-corrected chi connectivity index (χ2v) is 5.31. The van der Waals surface area contributed by atoms with Crippen molar-refractivity contribution in [1.82, 2.24) is 15.6 Å². The maximum Gasteiger partial charge on any atom is 0.252 e. The molecule has 1 fully saturated rings. The molecule has 114 valence electrons. The van der Waals surface area contributed by atoms with E-state index >= 15 is 0 Å². The van der Waals surface area contributed by atoms with E-state index in [9.17, 15) is 9.59 Å². The van der Waals surface area contributed by atoms with Crippen molar-refractivity contribution in [1.29, 1.82) is 0 Å². The van der Waals surface area contributed by atoms with Gasteiger partial charge in [0, 0.05) is 31.7 Å². The number of nitrogens with zero attached hydrogens (tertiary/aromatic N) is 1. The molecule has 1 aliphatic rings. The number of nitrogens with one attached hydrogen (secondary N) is 3. The van der Waals surface area contributed by atoms with Gasteiger partial charge in [-0.25, -0.2) is 4.98 Å². The van der Waals surface area contributed by atoms with E-state index in [1.54, 1.807) is 6.07 Å². The van der Waals surface area contributed by atoms with Crippen LogP contribution in [0.5, 0.6) is 0 Å². The van der Waals surface area contributed by atoms with Crippen molar-refractivity contribution in [2.45, 2.75) is 19.8 Å². The fraction of sp³-hybridized carbons (Fsp3) is 0.500. The molecule has 1 aromatic heterocycles. The number of carbonyl (C=O) groups excluding carboxylic acids is 2. The Kier molecular flexibility index (Phi) is 5.38. The van der Waals surface area contributed by atoms with Crippen LogP contribution in [0.4, 0.5) is 5.82 Å². The molecule has 0 radical (unpaired) electrons. The summed E-state index contributed by atoms with van der Waals surface area (Å²) in [5.74, 6) is 0.562. The average Bonchev–Trinajstić information content (AvgIpc) is 3.30. The zero-order valence-electron chi connectivity index (χ0n) is 11.9. The lowest BCUT2D eigenvalue weighted by atomic mass is 10.2. The molecule has 6 nitrogen and oxygen atoms in total. The Labute approximate surface area is 128 Å². The highest BCUT2D eigenvalue weighted by Crippen LogP contribution is 2.28. The molecule has 21 heavy (non-hydrogen) atoms.